The number of carbonyl (C=O) groups excluding carboxylic acids is 1. The lowest BCUT2D eigenvalue weighted by Gasteiger charge is -2.09. The molecule has 5 heteroatoms. The van der Waals surface area contributed by atoms with E-state index in [1.807, 2.05) is 0 Å². The van der Waals surface area contributed by atoms with Crippen molar-refractivity contribution in [1.29, 1.82) is 0 Å². The Morgan fingerprint density at radius 2 is 1.95 bits per heavy atom. The highest BCUT2D eigenvalue weighted by Gasteiger charge is 2.11. The quantitative estimate of drug-likeness (QED) is 0.905. The molecule has 20 heavy (non-hydrogen) atoms. The number of hydrogen-bond donors (Lipinski definition) is 2. The van der Waals surface area contributed by atoms with Gasteiger partial charge in [-0.25, -0.2) is 8.78 Å². The Morgan fingerprint density at radius 1 is 1.20 bits per heavy atom. The maximum atomic E-state index is 13.3. The molecule has 0 saturated heterocycles. The van der Waals surface area contributed by atoms with Crippen LogP contribution in [0, 0.1) is 18.6 Å². The first kappa shape index (κ1) is 14.1. The largest absolute Gasteiger partial charge is 0.326 e. The van der Waals surface area contributed by atoms with Gasteiger partial charge >= 0.3 is 0 Å². The number of amides is 1. The molecule has 0 aliphatic rings. The van der Waals surface area contributed by atoms with Crippen molar-refractivity contribution in [3.05, 3.63) is 64.7 Å². The molecule has 0 spiro atoms. The second kappa shape index (κ2) is 5.79. The zero-order chi connectivity index (χ0) is 14.7. The average molecular weight is 276 g/mol. The van der Waals surface area contributed by atoms with Gasteiger partial charge < -0.3 is 11.1 Å². The number of aryl methyl sites for hydroxylation is 1. The van der Waals surface area contributed by atoms with E-state index in [1.54, 1.807) is 6.92 Å². The number of nitrogens with two attached hydrogens (primary N) is 1. The second-order valence-corrected chi connectivity index (χ2v) is 4.42. The Bertz CT molecular complexity index is 656. The van der Waals surface area contributed by atoms with E-state index in [1.165, 1.54) is 36.4 Å². The summed E-state index contributed by atoms with van der Waals surface area (Å²) in [4.78, 5) is 12.1. The van der Waals surface area contributed by atoms with Crippen molar-refractivity contribution in [2.24, 2.45) is 5.73 Å². The Hall–Kier alpha value is -2.27. The highest BCUT2D eigenvalue weighted by atomic mass is 19.1. The van der Waals surface area contributed by atoms with Crippen LogP contribution < -0.4 is 11.1 Å². The number of benzene rings is 2. The van der Waals surface area contributed by atoms with Crippen molar-refractivity contribution < 1.29 is 13.6 Å². The number of nitrogens with one attached hydrogen (secondary N) is 1. The predicted molar refractivity (Wildman–Crippen MR) is 73.4 cm³/mol. The van der Waals surface area contributed by atoms with E-state index in [4.69, 9.17) is 5.73 Å². The van der Waals surface area contributed by atoms with Crippen molar-refractivity contribution in [3.63, 3.8) is 0 Å². The van der Waals surface area contributed by atoms with Crippen LogP contribution in [-0.4, -0.2) is 5.91 Å². The van der Waals surface area contributed by atoms with Crippen molar-refractivity contribution in [2.45, 2.75) is 13.5 Å². The third kappa shape index (κ3) is 3.00. The Kier molecular flexibility index (Phi) is 4.10. The van der Waals surface area contributed by atoms with E-state index in [0.717, 1.165) is 0 Å². The monoisotopic (exact) mass is 276 g/mol. The summed E-state index contributed by atoms with van der Waals surface area (Å²) in [7, 11) is 0. The summed E-state index contributed by atoms with van der Waals surface area (Å²) >= 11 is 0. The molecule has 0 radical (unpaired) electrons. The molecule has 0 bridgehead atoms. The Balaban J connectivity index is 2.23. The van der Waals surface area contributed by atoms with Crippen LogP contribution in [0.25, 0.3) is 0 Å². The SMILES string of the molecule is Cc1cc(F)ccc1C(=O)Nc1ccc(F)c(CN)c1. The van der Waals surface area contributed by atoms with E-state index in [2.05, 4.69) is 5.32 Å². The third-order valence-electron chi connectivity index (χ3n) is 2.96. The summed E-state index contributed by atoms with van der Waals surface area (Å²) in [6, 6.07) is 8.09. The van der Waals surface area contributed by atoms with Gasteiger partial charge in [-0.05, 0) is 48.9 Å². The van der Waals surface area contributed by atoms with Crippen molar-refractivity contribution in [2.75, 3.05) is 5.32 Å². The van der Waals surface area contributed by atoms with Gasteiger partial charge in [0.15, 0.2) is 0 Å². The first-order valence-corrected chi connectivity index (χ1v) is 6.07. The first-order valence-electron chi connectivity index (χ1n) is 6.07. The van der Waals surface area contributed by atoms with Crippen LogP contribution in [0.3, 0.4) is 0 Å². The Morgan fingerprint density at radius 3 is 2.60 bits per heavy atom. The fourth-order valence-electron chi connectivity index (χ4n) is 1.89. The summed E-state index contributed by atoms with van der Waals surface area (Å²) in [5.74, 6) is -1.19. The highest BCUT2D eigenvalue weighted by Crippen LogP contribution is 2.17. The lowest BCUT2D eigenvalue weighted by Crippen LogP contribution is -2.14. The molecule has 0 heterocycles. The summed E-state index contributed by atoms with van der Waals surface area (Å²) in [6.07, 6.45) is 0. The van der Waals surface area contributed by atoms with Crippen LogP contribution in [0.15, 0.2) is 36.4 Å². The molecule has 0 aromatic heterocycles. The number of anilines is 1. The third-order valence-corrected chi connectivity index (χ3v) is 2.96. The second-order valence-electron chi connectivity index (χ2n) is 4.42. The highest BCUT2D eigenvalue weighted by molar-refractivity contribution is 6.05. The van der Waals surface area contributed by atoms with E-state index >= 15 is 0 Å². The van der Waals surface area contributed by atoms with Crippen LogP contribution in [0.1, 0.15) is 21.5 Å². The molecule has 3 nitrogen and oxygen atoms in total. The fourth-order valence-corrected chi connectivity index (χ4v) is 1.89. The van der Waals surface area contributed by atoms with Gasteiger partial charge in [0.2, 0.25) is 0 Å². The lowest BCUT2D eigenvalue weighted by atomic mass is 10.1. The molecule has 1 amide bonds. The van der Waals surface area contributed by atoms with E-state index < -0.39 is 11.6 Å². The molecule has 3 N–H and O–H groups in total. The number of halogens is 2. The molecular formula is C15H14F2N2O. The standard InChI is InChI=1S/C15H14F2N2O/c1-9-6-11(16)2-4-13(9)15(20)19-12-3-5-14(17)10(7-12)8-18/h2-7H,8,18H2,1H3,(H,19,20). The van der Waals surface area contributed by atoms with Gasteiger partial charge in [0.1, 0.15) is 11.6 Å². The average Bonchev–Trinajstić information content (AvgIpc) is 2.40. The first-order chi connectivity index (χ1) is 9.51. The predicted octanol–water partition coefficient (Wildman–Crippen LogP) is 2.98. The van der Waals surface area contributed by atoms with Gasteiger partial charge in [-0.2, -0.15) is 0 Å². The van der Waals surface area contributed by atoms with Gasteiger partial charge in [-0.15, -0.1) is 0 Å². The number of rotatable bonds is 3. The van der Waals surface area contributed by atoms with E-state index in [-0.39, 0.29) is 12.5 Å². The normalized spacial score (nSPS) is 10.4. The van der Waals surface area contributed by atoms with Crippen LogP contribution in [0.2, 0.25) is 0 Å². The summed E-state index contributed by atoms with van der Waals surface area (Å²) < 4.78 is 26.3. The lowest BCUT2D eigenvalue weighted by molar-refractivity contribution is 0.102. The summed E-state index contributed by atoms with van der Waals surface area (Å²) in [5, 5.41) is 2.64. The smallest absolute Gasteiger partial charge is 0.255 e. The Labute approximate surface area is 115 Å². The molecule has 2 aromatic carbocycles. The molecular weight excluding hydrogens is 262 g/mol. The maximum absolute atomic E-state index is 13.3. The molecule has 0 aliphatic carbocycles. The zero-order valence-electron chi connectivity index (χ0n) is 10.9. The molecule has 0 unspecified atom stereocenters. The van der Waals surface area contributed by atoms with E-state index in [0.29, 0.717) is 22.4 Å². The summed E-state index contributed by atoms with van der Waals surface area (Å²) in [6.45, 7) is 1.69. The molecule has 0 saturated carbocycles. The minimum absolute atomic E-state index is 0.0467. The minimum atomic E-state index is -0.413. The fraction of sp³-hybridized carbons (Fsp3) is 0.133. The summed E-state index contributed by atoms with van der Waals surface area (Å²) in [5.41, 5.74) is 7.07. The van der Waals surface area contributed by atoms with Gasteiger partial charge in [0.05, 0.1) is 0 Å². The van der Waals surface area contributed by atoms with Crippen LogP contribution >= 0.6 is 0 Å². The molecule has 2 rings (SSSR count). The van der Waals surface area contributed by atoms with E-state index in [9.17, 15) is 13.6 Å². The van der Waals surface area contributed by atoms with Crippen LogP contribution in [-0.2, 0) is 6.54 Å². The van der Waals surface area contributed by atoms with Crippen molar-refractivity contribution in [3.8, 4) is 0 Å². The van der Waals surface area contributed by atoms with Crippen LogP contribution in [0.5, 0.6) is 0 Å². The zero-order valence-corrected chi connectivity index (χ0v) is 10.9. The topological polar surface area (TPSA) is 55.1 Å². The molecule has 2 aromatic rings. The molecule has 0 aliphatic heterocycles. The molecule has 0 fully saturated rings. The minimum Gasteiger partial charge on any atom is -0.326 e. The van der Waals surface area contributed by atoms with Crippen molar-refractivity contribution >= 4 is 11.6 Å². The van der Waals surface area contributed by atoms with Crippen molar-refractivity contribution in [1.82, 2.24) is 0 Å². The molecule has 104 valence electrons. The maximum Gasteiger partial charge on any atom is 0.255 e. The number of hydrogen-bond acceptors (Lipinski definition) is 2. The van der Waals surface area contributed by atoms with Gasteiger partial charge in [0, 0.05) is 23.4 Å². The molecule has 0 atom stereocenters. The van der Waals surface area contributed by atoms with Gasteiger partial charge in [-0.3, -0.25) is 4.79 Å². The van der Waals surface area contributed by atoms with Gasteiger partial charge in [-0.1, -0.05) is 0 Å². The number of carbonyl (C=O) groups is 1. The van der Waals surface area contributed by atoms with Crippen LogP contribution in [0.4, 0.5) is 14.5 Å². The van der Waals surface area contributed by atoms with Gasteiger partial charge in [0.25, 0.3) is 5.91 Å².